The monoisotopic (exact) mass is 274 g/mol. The molecule has 2 aliphatic heterocycles. The van der Waals surface area contributed by atoms with Crippen LogP contribution in [0, 0.1) is 0 Å². The van der Waals surface area contributed by atoms with Gasteiger partial charge in [0.25, 0.3) is 5.91 Å². The van der Waals surface area contributed by atoms with Crippen LogP contribution in [-0.2, 0) is 4.79 Å². The Balaban J connectivity index is 1.75. The van der Waals surface area contributed by atoms with Gasteiger partial charge in [0.05, 0.1) is 12.2 Å². The summed E-state index contributed by atoms with van der Waals surface area (Å²) in [7, 11) is 0. The Hall–Kier alpha value is -1.71. The van der Waals surface area contributed by atoms with Crippen LogP contribution in [0.2, 0.25) is 0 Å². The molecule has 1 amide bonds. The third-order valence-corrected chi connectivity index (χ3v) is 4.36. The summed E-state index contributed by atoms with van der Waals surface area (Å²) in [6, 6.07) is 8.40. The van der Waals surface area contributed by atoms with Gasteiger partial charge in [0.1, 0.15) is 5.75 Å². The van der Waals surface area contributed by atoms with Gasteiger partial charge in [-0.25, -0.2) is 0 Å². The minimum absolute atomic E-state index is 0.117. The third-order valence-electron chi connectivity index (χ3n) is 4.36. The highest BCUT2D eigenvalue weighted by Gasteiger charge is 2.36. The Morgan fingerprint density at radius 3 is 2.70 bits per heavy atom. The van der Waals surface area contributed by atoms with Gasteiger partial charge >= 0.3 is 0 Å². The van der Waals surface area contributed by atoms with Gasteiger partial charge in [-0.15, -0.1) is 0 Å². The maximum Gasteiger partial charge on any atom is 0.265 e. The molecule has 2 heterocycles. The quantitative estimate of drug-likeness (QED) is 0.856. The van der Waals surface area contributed by atoms with Crippen LogP contribution in [0.25, 0.3) is 0 Å². The largest absolute Gasteiger partial charge is 0.477 e. The van der Waals surface area contributed by atoms with Gasteiger partial charge in [-0.2, -0.15) is 0 Å². The summed E-state index contributed by atoms with van der Waals surface area (Å²) in [5, 5.41) is 3.29. The van der Waals surface area contributed by atoms with E-state index in [1.54, 1.807) is 0 Å². The van der Waals surface area contributed by atoms with Crippen molar-refractivity contribution in [2.45, 2.75) is 51.3 Å². The van der Waals surface area contributed by atoms with Gasteiger partial charge in [-0.1, -0.05) is 12.1 Å². The van der Waals surface area contributed by atoms with E-state index in [2.05, 4.69) is 19.2 Å². The van der Waals surface area contributed by atoms with Crippen LogP contribution < -0.4 is 10.1 Å². The number of para-hydroxylation sites is 2. The van der Waals surface area contributed by atoms with Gasteiger partial charge in [0.2, 0.25) is 0 Å². The van der Waals surface area contributed by atoms with Gasteiger partial charge in [-0.3, -0.25) is 4.79 Å². The van der Waals surface area contributed by atoms with E-state index in [4.69, 9.17) is 4.74 Å². The topological polar surface area (TPSA) is 41.6 Å². The Kier molecular flexibility index (Phi) is 3.55. The number of carbonyl (C=O) groups is 1. The average Bonchev–Trinajstić information content (AvgIpc) is 2.46. The number of nitrogens with zero attached hydrogens (tertiary/aromatic N) is 1. The second-order valence-corrected chi connectivity index (χ2v) is 5.86. The van der Waals surface area contributed by atoms with Crippen molar-refractivity contribution in [3.8, 4) is 5.75 Å². The normalized spacial score (nSPS) is 29.1. The fraction of sp³-hybridized carbons (Fsp3) is 0.562. The minimum atomic E-state index is -0.409. The van der Waals surface area contributed by atoms with Crippen molar-refractivity contribution >= 4 is 11.6 Å². The van der Waals surface area contributed by atoms with E-state index in [0.717, 1.165) is 24.3 Å². The second-order valence-electron chi connectivity index (χ2n) is 5.86. The van der Waals surface area contributed by atoms with E-state index in [1.807, 2.05) is 29.2 Å². The summed E-state index contributed by atoms with van der Waals surface area (Å²) in [4.78, 5) is 14.8. The van der Waals surface area contributed by atoms with Crippen LogP contribution in [0.5, 0.6) is 5.75 Å². The summed E-state index contributed by atoms with van der Waals surface area (Å²) in [6.45, 7) is 4.82. The van der Waals surface area contributed by atoms with Crippen LogP contribution >= 0.6 is 0 Å². The first-order chi connectivity index (χ1) is 9.66. The van der Waals surface area contributed by atoms with Gasteiger partial charge in [0.15, 0.2) is 6.10 Å². The van der Waals surface area contributed by atoms with E-state index >= 15 is 0 Å². The molecule has 0 saturated carbocycles. The molecule has 1 aromatic rings. The Labute approximate surface area is 120 Å². The van der Waals surface area contributed by atoms with Crippen LogP contribution in [0.1, 0.15) is 33.1 Å². The highest BCUT2D eigenvalue weighted by atomic mass is 16.5. The molecule has 0 bridgehead atoms. The molecule has 2 aliphatic rings. The van der Waals surface area contributed by atoms with E-state index in [0.29, 0.717) is 18.6 Å². The maximum absolute atomic E-state index is 12.7. The average molecular weight is 274 g/mol. The van der Waals surface area contributed by atoms with Crippen molar-refractivity contribution in [1.82, 2.24) is 4.90 Å². The molecular weight excluding hydrogens is 252 g/mol. The molecule has 1 saturated heterocycles. The molecule has 4 nitrogen and oxygen atoms in total. The van der Waals surface area contributed by atoms with Crippen LogP contribution in [-0.4, -0.2) is 35.5 Å². The number of benzene rings is 1. The number of fused-ring (bicyclic) bond motifs is 1. The lowest BCUT2D eigenvalue weighted by Crippen LogP contribution is -2.54. The van der Waals surface area contributed by atoms with Crippen LogP contribution in [0.15, 0.2) is 24.3 Å². The molecule has 0 aliphatic carbocycles. The Morgan fingerprint density at radius 1 is 1.25 bits per heavy atom. The number of carbonyl (C=O) groups excluding carboxylic acids is 1. The zero-order chi connectivity index (χ0) is 14.1. The molecule has 3 unspecified atom stereocenters. The standard InChI is InChI=1S/C16H22N2O2/c1-11-6-5-7-12(2)18(11)16(19)15-10-17-13-8-3-4-9-14(13)20-15/h3-4,8-9,11-12,15,17H,5-7,10H2,1-2H3. The third kappa shape index (κ3) is 2.35. The lowest BCUT2D eigenvalue weighted by molar-refractivity contribution is -0.144. The second kappa shape index (κ2) is 5.35. The van der Waals surface area contributed by atoms with Gasteiger partial charge in [-0.05, 0) is 45.2 Å². The fourth-order valence-electron chi connectivity index (χ4n) is 3.27. The van der Waals surface area contributed by atoms with Gasteiger partial charge < -0.3 is 15.0 Å². The number of rotatable bonds is 1. The van der Waals surface area contributed by atoms with E-state index in [9.17, 15) is 4.79 Å². The molecule has 0 spiro atoms. The van der Waals surface area contributed by atoms with Crippen molar-refractivity contribution in [2.24, 2.45) is 0 Å². The number of hydrogen-bond acceptors (Lipinski definition) is 3. The minimum Gasteiger partial charge on any atom is -0.477 e. The highest BCUT2D eigenvalue weighted by molar-refractivity contribution is 5.83. The number of amides is 1. The molecule has 20 heavy (non-hydrogen) atoms. The summed E-state index contributed by atoms with van der Waals surface area (Å²) in [5.74, 6) is 0.890. The van der Waals surface area contributed by atoms with Crippen molar-refractivity contribution in [2.75, 3.05) is 11.9 Å². The predicted octanol–water partition coefficient (Wildman–Crippen LogP) is 2.65. The summed E-state index contributed by atoms with van der Waals surface area (Å²) >= 11 is 0. The molecule has 0 aromatic heterocycles. The lowest BCUT2D eigenvalue weighted by Gasteiger charge is -2.41. The SMILES string of the molecule is CC1CCCC(C)N1C(=O)C1CNc2ccccc2O1. The van der Waals surface area contributed by atoms with Crippen molar-refractivity contribution in [3.05, 3.63) is 24.3 Å². The number of ether oxygens (including phenoxy) is 1. The van der Waals surface area contributed by atoms with Gasteiger partial charge in [0, 0.05) is 12.1 Å². The fourth-order valence-corrected chi connectivity index (χ4v) is 3.27. The van der Waals surface area contributed by atoms with E-state index < -0.39 is 6.10 Å². The molecule has 0 radical (unpaired) electrons. The van der Waals surface area contributed by atoms with E-state index in [1.165, 1.54) is 6.42 Å². The first kappa shape index (κ1) is 13.3. The Morgan fingerprint density at radius 2 is 1.95 bits per heavy atom. The Bertz CT molecular complexity index is 493. The summed E-state index contributed by atoms with van der Waals surface area (Å²) in [6.07, 6.45) is 2.98. The number of hydrogen-bond donors (Lipinski definition) is 1. The highest BCUT2D eigenvalue weighted by Crippen LogP contribution is 2.30. The van der Waals surface area contributed by atoms with Crippen molar-refractivity contribution in [3.63, 3.8) is 0 Å². The molecule has 1 fully saturated rings. The molecular formula is C16H22N2O2. The number of likely N-dealkylation sites (tertiary alicyclic amines) is 1. The van der Waals surface area contributed by atoms with Crippen LogP contribution in [0.4, 0.5) is 5.69 Å². The molecule has 3 rings (SSSR count). The first-order valence-corrected chi connectivity index (χ1v) is 7.48. The van der Waals surface area contributed by atoms with Crippen molar-refractivity contribution in [1.29, 1.82) is 0 Å². The number of nitrogens with one attached hydrogen (secondary N) is 1. The number of piperidine rings is 1. The molecule has 108 valence electrons. The predicted molar refractivity (Wildman–Crippen MR) is 79.0 cm³/mol. The van der Waals surface area contributed by atoms with Crippen LogP contribution in [0.3, 0.4) is 0 Å². The van der Waals surface area contributed by atoms with Crippen molar-refractivity contribution < 1.29 is 9.53 Å². The zero-order valence-electron chi connectivity index (χ0n) is 12.1. The molecule has 4 heteroatoms. The number of anilines is 1. The zero-order valence-corrected chi connectivity index (χ0v) is 12.1. The molecule has 3 atom stereocenters. The first-order valence-electron chi connectivity index (χ1n) is 7.48. The maximum atomic E-state index is 12.7. The lowest BCUT2D eigenvalue weighted by atomic mass is 9.96. The summed E-state index contributed by atoms with van der Waals surface area (Å²) in [5.41, 5.74) is 0.969. The summed E-state index contributed by atoms with van der Waals surface area (Å²) < 4.78 is 5.89. The smallest absolute Gasteiger partial charge is 0.265 e. The molecule has 1 N–H and O–H groups in total. The van der Waals surface area contributed by atoms with E-state index in [-0.39, 0.29) is 5.91 Å². The molecule has 1 aromatic carbocycles.